The molecule has 0 bridgehead atoms. The molecule has 3 aromatic carbocycles. The van der Waals surface area contributed by atoms with Crippen LogP contribution >= 0.6 is 0 Å². The van der Waals surface area contributed by atoms with Gasteiger partial charge in [-0.15, -0.1) is 0 Å². The second-order valence-corrected chi connectivity index (χ2v) is 8.13. The quantitative estimate of drug-likeness (QED) is 0.541. The lowest BCUT2D eigenvalue weighted by atomic mass is 10.0. The van der Waals surface area contributed by atoms with Gasteiger partial charge >= 0.3 is 12.1 Å². The highest BCUT2D eigenvalue weighted by Gasteiger charge is 2.27. The summed E-state index contributed by atoms with van der Waals surface area (Å²) < 4.78 is 0. The minimum atomic E-state index is -0.324. The van der Waals surface area contributed by atoms with Crippen LogP contribution in [0.2, 0.25) is 0 Å². The zero-order valence-electron chi connectivity index (χ0n) is 18.5. The van der Waals surface area contributed by atoms with Gasteiger partial charge in [0, 0.05) is 36.7 Å². The van der Waals surface area contributed by atoms with Crippen LogP contribution in [-0.4, -0.2) is 30.1 Å². The molecule has 1 saturated heterocycles. The van der Waals surface area contributed by atoms with E-state index >= 15 is 0 Å². The minimum Gasteiger partial charge on any atom is -0.320 e. The van der Waals surface area contributed by atoms with Crippen LogP contribution in [0.5, 0.6) is 0 Å². The number of nitrogens with one attached hydrogen (secondary N) is 2. The standard InChI is InChI=1S/C26H28N4O2/c1-19-12-13-20(2)21(16-19)18-29-14-7-15-30(26(29)32)24-11-6-10-23(17-24)28-25(31)27-22-8-4-3-5-9-22/h3-6,8-13,16-17H,7,14-15,18H2,1-2H3,(H2,27,28,31). The molecule has 0 saturated carbocycles. The lowest BCUT2D eigenvalue weighted by molar-refractivity contribution is 0.192. The molecule has 1 aliphatic rings. The first-order valence-electron chi connectivity index (χ1n) is 10.9. The Labute approximate surface area is 188 Å². The van der Waals surface area contributed by atoms with Gasteiger partial charge in [-0.1, -0.05) is 48.0 Å². The normalized spacial score (nSPS) is 13.8. The van der Waals surface area contributed by atoms with Gasteiger partial charge in [0.05, 0.1) is 0 Å². The predicted molar refractivity (Wildman–Crippen MR) is 129 cm³/mol. The van der Waals surface area contributed by atoms with E-state index in [0.29, 0.717) is 18.8 Å². The van der Waals surface area contributed by atoms with Crippen LogP contribution in [-0.2, 0) is 6.54 Å². The number of amides is 4. The van der Waals surface area contributed by atoms with Crippen molar-refractivity contribution in [2.75, 3.05) is 28.6 Å². The molecule has 4 rings (SSSR count). The highest BCUT2D eigenvalue weighted by Crippen LogP contribution is 2.25. The van der Waals surface area contributed by atoms with Crippen LogP contribution in [0, 0.1) is 13.8 Å². The maximum Gasteiger partial charge on any atom is 0.324 e. The molecule has 1 aliphatic heterocycles. The van der Waals surface area contributed by atoms with Gasteiger partial charge in [-0.05, 0) is 61.7 Å². The van der Waals surface area contributed by atoms with Crippen molar-refractivity contribution in [1.29, 1.82) is 0 Å². The summed E-state index contributed by atoms with van der Waals surface area (Å²) in [5.41, 5.74) is 5.69. The van der Waals surface area contributed by atoms with Crippen molar-refractivity contribution in [3.8, 4) is 0 Å². The molecular weight excluding hydrogens is 400 g/mol. The average molecular weight is 429 g/mol. The van der Waals surface area contributed by atoms with Crippen molar-refractivity contribution in [3.05, 3.63) is 89.5 Å². The minimum absolute atomic E-state index is 0.0111. The highest BCUT2D eigenvalue weighted by atomic mass is 16.2. The topological polar surface area (TPSA) is 64.7 Å². The second-order valence-electron chi connectivity index (χ2n) is 8.13. The van der Waals surface area contributed by atoms with Gasteiger partial charge in [0.1, 0.15) is 0 Å². The summed E-state index contributed by atoms with van der Waals surface area (Å²) in [5, 5.41) is 5.65. The number of nitrogens with zero attached hydrogens (tertiary/aromatic N) is 2. The van der Waals surface area contributed by atoms with E-state index in [1.54, 1.807) is 4.90 Å². The van der Waals surface area contributed by atoms with Crippen LogP contribution < -0.4 is 15.5 Å². The largest absolute Gasteiger partial charge is 0.324 e. The number of urea groups is 2. The van der Waals surface area contributed by atoms with Crippen molar-refractivity contribution >= 4 is 29.1 Å². The average Bonchev–Trinajstić information content (AvgIpc) is 2.78. The third kappa shape index (κ3) is 5.09. The molecule has 0 spiro atoms. The van der Waals surface area contributed by atoms with Crippen molar-refractivity contribution < 1.29 is 9.59 Å². The van der Waals surface area contributed by atoms with E-state index in [0.717, 1.165) is 24.3 Å². The molecule has 0 aromatic heterocycles. The predicted octanol–water partition coefficient (Wildman–Crippen LogP) is 5.78. The maximum atomic E-state index is 13.3. The molecule has 0 unspecified atom stereocenters. The number of carbonyl (C=O) groups excluding carboxylic acids is 2. The number of hydrogen-bond acceptors (Lipinski definition) is 2. The number of anilines is 3. The molecule has 4 amide bonds. The zero-order chi connectivity index (χ0) is 22.5. The molecule has 164 valence electrons. The number of aryl methyl sites for hydroxylation is 2. The SMILES string of the molecule is Cc1ccc(C)c(CN2CCCN(c3cccc(NC(=O)Nc4ccccc4)c3)C2=O)c1. The molecule has 0 aliphatic carbocycles. The fourth-order valence-electron chi connectivity index (χ4n) is 3.91. The molecular formula is C26H28N4O2. The highest BCUT2D eigenvalue weighted by molar-refractivity contribution is 6.00. The van der Waals surface area contributed by atoms with E-state index < -0.39 is 0 Å². The van der Waals surface area contributed by atoms with E-state index in [1.165, 1.54) is 16.7 Å². The molecule has 1 heterocycles. The van der Waals surface area contributed by atoms with Gasteiger partial charge in [0.2, 0.25) is 0 Å². The second kappa shape index (κ2) is 9.56. The molecule has 6 heteroatoms. The first-order chi connectivity index (χ1) is 15.5. The van der Waals surface area contributed by atoms with Crippen molar-refractivity contribution in [3.63, 3.8) is 0 Å². The third-order valence-electron chi connectivity index (χ3n) is 5.62. The summed E-state index contributed by atoms with van der Waals surface area (Å²) in [5.74, 6) is 0. The summed E-state index contributed by atoms with van der Waals surface area (Å²) in [6.07, 6.45) is 0.892. The molecule has 0 atom stereocenters. The van der Waals surface area contributed by atoms with Gasteiger partial charge in [-0.2, -0.15) is 0 Å². The summed E-state index contributed by atoms with van der Waals surface area (Å²) in [6.45, 7) is 6.14. The first kappa shape index (κ1) is 21.4. The van der Waals surface area contributed by atoms with E-state index in [1.807, 2.05) is 59.5 Å². The number of para-hydroxylation sites is 1. The number of hydrogen-bond donors (Lipinski definition) is 2. The molecule has 0 radical (unpaired) electrons. The fourth-order valence-corrected chi connectivity index (χ4v) is 3.91. The molecule has 3 aromatic rings. The van der Waals surface area contributed by atoms with Gasteiger partial charge < -0.3 is 15.5 Å². The summed E-state index contributed by atoms with van der Waals surface area (Å²) >= 11 is 0. The Kier molecular flexibility index (Phi) is 6.40. The van der Waals surface area contributed by atoms with Gasteiger partial charge in [0.25, 0.3) is 0 Å². The van der Waals surface area contributed by atoms with Crippen LogP contribution in [0.3, 0.4) is 0 Å². The van der Waals surface area contributed by atoms with Gasteiger partial charge in [-0.3, -0.25) is 4.90 Å². The molecule has 6 nitrogen and oxygen atoms in total. The summed E-state index contributed by atoms with van der Waals surface area (Å²) in [4.78, 5) is 29.3. The number of benzene rings is 3. The Balaban J connectivity index is 1.45. The van der Waals surface area contributed by atoms with E-state index in [9.17, 15) is 9.59 Å². The molecule has 2 N–H and O–H groups in total. The smallest absolute Gasteiger partial charge is 0.320 e. The lowest BCUT2D eigenvalue weighted by Crippen LogP contribution is -2.49. The summed E-state index contributed by atoms with van der Waals surface area (Å²) in [7, 11) is 0. The van der Waals surface area contributed by atoms with Crippen LogP contribution in [0.4, 0.5) is 26.7 Å². The fraction of sp³-hybridized carbons (Fsp3) is 0.231. The zero-order valence-corrected chi connectivity index (χ0v) is 18.5. The van der Waals surface area contributed by atoms with Crippen molar-refractivity contribution in [2.45, 2.75) is 26.8 Å². The van der Waals surface area contributed by atoms with Crippen LogP contribution in [0.15, 0.2) is 72.8 Å². The monoisotopic (exact) mass is 428 g/mol. The Hall–Kier alpha value is -3.80. The maximum absolute atomic E-state index is 13.3. The Morgan fingerprint density at radius 2 is 1.62 bits per heavy atom. The van der Waals surface area contributed by atoms with E-state index in [-0.39, 0.29) is 12.1 Å². The first-order valence-corrected chi connectivity index (χ1v) is 10.9. The van der Waals surface area contributed by atoms with Crippen molar-refractivity contribution in [1.82, 2.24) is 4.90 Å². The third-order valence-corrected chi connectivity index (χ3v) is 5.62. The van der Waals surface area contributed by atoms with E-state index in [4.69, 9.17) is 0 Å². The van der Waals surface area contributed by atoms with Crippen LogP contribution in [0.1, 0.15) is 23.1 Å². The molecule has 32 heavy (non-hydrogen) atoms. The van der Waals surface area contributed by atoms with Gasteiger partial charge in [0.15, 0.2) is 0 Å². The molecule has 1 fully saturated rings. The Morgan fingerprint density at radius 1 is 0.875 bits per heavy atom. The van der Waals surface area contributed by atoms with Crippen LogP contribution in [0.25, 0.3) is 0 Å². The number of rotatable bonds is 5. The lowest BCUT2D eigenvalue weighted by Gasteiger charge is -2.36. The Morgan fingerprint density at radius 3 is 2.44 bits per heavy atom. The van der Waals surface area contributed by atoms with Gasteiger partial charge in [-0.25, -0.2) is 9.59 Å². The number of carbonyl (C=O) groups is 2. The van der Waals surface area contributed by atoms with Crippen molar-refractivity contribution in [2.24, 2.45) is 0 Å². The summed E-state index contributed by atoms with van der Waals surface area (Å²) in [6, 6.07) is 22.7. The Bertz CT molecular complexity index is 1110. The van der Waals surface area contributed by atoms with E-state index in [2.05, 4.69) is 42.7 Å².